The van der Waals surface area contributed by atoms with Gasteiger partial charge in [0.1, 0.15) is 17.1 Å². The van der Waals surface area contributed by atoms with Crippen molar-refractivity contribution >= 4 is 38.6 Å². The number of pyridine rings is 1. The smallest absolute Gasteiger partial charge is 0.281 e. The molecule has 2 unspecified atom stereocenters. The summed E-state index contributed by atoms with van der Waals surface area (Å²) in [6.07, 6.45) is 1.73. The number of furan rings is 1. The number of aromatic nitrogens is 2. The van der Waals surface area contributed by atoms with Crippen molar-refractivity contribution in [3.8, 4) is 10.9 Å². The monoisotopic (exact) mass is 434 g/mol. The van der Waals surface area contributed by atoms with Crippen molar-refractivity contribution in [3.63, 3.8) is 0 Å². The van der Waals surface area contributed by atoms with E-state index in [1.807, 2.05) is 35.2 Å². The molecule has 1 amide bonds. The van der Waals surface area contributed by atoms with Gasteiger partial charge in [0, 0.05) is 50.8 Å². The Bertz CT molecular complexity index is 1240. The lowest BCUT2D eigenvalue weighted by atomic mass is 10.0. The molecular formula is C23H22N4O3S. The van der Waals surface area contributed by atoms with Crippen molar-refractivity contribution in [2.45, 2.75) is 13.5 Å². The number of likely N-dealkylation sites (tertiary alicyclic amines) is 2. The first-order valence-electron chi connectivity index (χ1n) is 10.5. The van der Waals surface area contributed by atoms with Gasteiger partial charge in [-0.15, -0.1) is 0 Å². The predicted molar refractivity (Wildman–Crippen MR) is 118 cm³/mol. The van der Waals surface area contributed by atoms with Gasteiger partial charge in [0.05, 0.1) is 11.2 Å². The summed E-state index contributed by atoms with van der Waals surface area (Å²) in [6.45, 7) is 6.27. The quantitative estimate of drug-likeness (QED) is 0.481. The van der Waals surface area contributed by atoms with Gasteiger partial charge in [0.25, 0.3) is 5.19 Å². The van der Waals surface area contributed by atoms with E-state index in [-0.39, 0.29) is 5.91 Å². The zero-order valence-electron chi connectivity index (χ0n) is 17.2. The molecule has 2 fully saturated rings. The van der Waals surface area contributed by atoms with E-state index in [1.54, 1.807) is 13.1 Å². The zero-order valence-corrected chi connectivity index (χ0v) is 18.0. The number of benzene rings is 1. The lowest BCUT2D eigenvalue weighted by molar-refractivity contribution is -0.128. The number of amides is 1. The Hall–Kier alpha value is -2.97. The van der Waals surface area contributed by atoms with Crippen LogP contribution in [0.25, 0.3) is 21.3 Å². The summed E-state index contributed by atoms with van der Waals surface area (Å²) < 4.78 is 13.1. The van der Waals surface area contributed by atoms with Crippen molar-refractivity contribution in [2.75, 3.05) is 26.2 Å². The molecule has 31 heavy (non-hydrogen) atoms. The Balaban J connectivity index is 1.15. The minimum atomic E-state index is 0.193. The van der Waals surface area contributed by atoms with Gasteiger partial charge in [-0.05, 0) is 42.2 Å². The van der Waals surface area contributed by atoms with Gasteiger partial charge in [-0.2, -0.15) is 4.98 Å². The number of ether oxygens (including phenoxy) is 1. The summed E-state index contributed by atoms with van der Waals surface area (Å²) in [5, 5.41) is 1.64. The van der Waals surface area contributed by atoms with Crippen LogP contribution in [0, 0.1) is 11.8 Å². The van der Waals surface area contributed by atoms with E-state index in [9.17, 15) is 4.79 Å². The summed E-state index contributed by atoms with van der Waals surface area (Å²) in [5.41, 5.74) is 1.51. The van der Waals surface area contributed by atoms with Crippen LogP contribution in [0.1, 0.15) is 12.7 Å². The lowest BCUT2D eigenvalue weighted by Gasteiger charge is -2.19. The van der Waals surface area contributed by atoms with Crippen LogP contribution in [0.5, 0.6) is 10.9 Å². The normalized spacial score (nSPS) is 21.3. The minimum Gasteiger partial charge on any atom is -0.460 e. The highest BCUT2D eigenvalue weighted by Gasteiger charge is 2.40. The van der Waals surface area contributed by atoms with Crippen LogP contribution in [-0.2, 0) is 11.3 Å². The standard InChI is InChI=1S/C23H22N4O3S/c1-14(28)27-11-16-9-26(10-17(16)12-27)13-19-7-15-4-5-18(8-20(15)29-19)30-23-25-22-21(31-23)3-2-6-24-22/h2-8,16-17H,9-13H2,1H3. The van der Waals surface area contributed by atoms with Gasteiger partial charge in [-0.3, -0.25) is 9.69 Å². The Morgan fingerprint density at radius 2 is 2.03 bits per heavy atom. The molecule has 4 aromatic rings. The third kappa shape index (κ3) is 3.55. The molecular weight excluding hydrogens is 412 g/mol. The van der Waals surface area contributed by atoms with Crippen molar-refractivity contribution in [1.82, 2.24) is 19.8 Å². The molecule has 1 aromatic carbocycles. The molecule has 2 aliphatic heterocycles. The maximum Gasteiger partial charge on any atom is 0.281 e. The number of carbonyl (C=O) groups is 1. The fourth-order valence-corrected chi connectivity index (χ4v) is 5.59. The fraction of sp³-hybridized carbons (Fsp3) is 0.348. The zero-order chi connectivity index (χ0) is 20.9. The largest absolute Gasteiger partial charge is 0.460 e. The van der Waals surface area contributed by atoms with Crippen LogP contribution in [0.2, 0.25) is 0 Å². The molecule has 2 aliphatic rings. The molecule has 7 nitrogen and oxygen atoms in total. The van der Waals surface area contributed by atoms with E-state index in [2.05, 4.69) is 20.9 Å². The van der Waals surface area contributed by atoms with Crippen LogP contribution in [0.15, 0.2) is 47.0 Å². The maximum absolute atomic E-state index is 11.6. The first kappa shape index (κ1) is 18.8. The summed E-state index contributed by atoms with van der Waals surface area (Å²) >= 11 is 1.48. The van der Waals surface area contributed by atoms with Gasteiger partial charge in [0.15, 0.2) is 5.65 Å². The predicted octanol–water partition coefficient (Wildman–Crippen LogP) is 4.14. The van der Waals surface area contributed by atoms with Crippen molar-refractivity contribution in [2.24, 2.45) is 11.8 Å². The molecule has 2 atom stereocenters. The second-order valence-electron chi connectivity index (χ2n) is 8.46. The molecule has 0 aliphatic carbocycles. The molecule has 6 rings (SSSR count). The van der Waals surface area contributed by atoms with Gasteiger partial charge in [0.2, 0.25) is 5.91 Å². The molecule has 0 radical (unpaired) electrons. The Kier molecular flexibility index (Phi) is 4.43. The average molecular weight is 435 g/mol. The average Bonchev–Trinajstić information content (AvgIpc) is 3.48. The van der Waals surface area contributed by atoms with Gasteiger partial charge < -0.3 is 14.1 Å². The Morgan fingerprint density at radius 1 is 1.19 bits per heavy atom. The van der Waals surface area contributed by atoms with Crippen molar-refractivity contribution in [1.29, 1.82) is 0 Å². The molecule has 5 heterocycles. The van der Waals surface area contributed by atoms with E-state index in [0.29, 0.717) is 28.4 Å². The van der Waals surface area contributed by atoms with Gasteiger partial charge in [-0.25, -0.2) is 4.98 Å². The van der Waals surface area contributed by atoms with Crippen LogP contribution in [0.4, 0.5) is 0 Å². The van der Waals surface area contributed by atoms with Crippen molar-refractivity contribution < 1.29 is 13.9 Å². The molecule has 0 bridgehead atoms. The van der Waals surface area contributed by atoms with E-state index >= 15 is 0 Å². The van der Waals surface area contributed by atoms with E-state index in [1.165, 1.54) is 11.3 Å². The number of fused-ring (bicyclic) bond motifs is 3. The van der Waals surface area contributed by atoms with E-state index in [4.69, 9.17) is 9.15 Å². The first-order chi connectivity index (χ1) is 15.1. The SMILES string of the molecule is CC(=O)N1CC2CN(Cc3cc4ccc(Oc5nc6ncccc6s5)cc4o3)CC2C1. The molecule has 0 N–H and O–H groups in total. The number of nitrogens with zero attached hydrogens (tertiary/aromatic N) is 4. The topological polar surface area (TPSA) is 71.7 Å². The highest BCUT2D eigenvalue weighted by Crippen LogP contribution is 2.34. The third-order valence-corrected chi connectivity index (χ3v) is 7.17. The maximum atomic E-state index is 11.6. The summed E-state index contributed by atoms with van der Waals surface area (Å²) in [6, 6.07) is 11.9. The van der Waals surface area contributed by atoms with Gasteiger partial charge in [-0.1, -0.05) is 11.3 Å². The van der Waals surface area contributed by atoms with E-state index in [0.717, 1.165) is 54.2 Å². The van der Waals surface area contributed by atoms with Crippen molar-refractivity contribution in [3.05, 3.63) is 48.4 Å². The van der Waals surface area contributed by atoms with Gasteiger partial charge >= 0.3 is 0 Å². The van der Waals surface area contributed by atoms with Crippen LogP contribution < -0.4 is 4.74 Å². The molecule has 3 aromatic heterocycles. The molecule has 8 heteroatoms. The molecule has 0 saturated carbocycles. The van der Waals surface area contributed by atoms with Crippen LogP contribution in [-0.4, -0.2) is 51.9 Å². The molecule has 0 spiro atoms. The Labute approximate surface area is 183 Å². The molecule has 158 valence electrons. The number of thiazole rings is 1. The summed E-state index contributed by atoms with van der Waals surface area (Å²) in [4.78, 5) is 24.7. The number of rotatable bonds is 4. The minimum absolute atomic E-state index is 0.193. The fourth-order valence-electron chi connectivity index (χ4n) is 4.80. The number of hydrogen-bond acceptors (Lipinski definition) is 7. The highest BCUT2D eigenvalue weighted by molar-refractivity contribution is 7.20. The summed E-state index contributed by atoms with van der Waals surface area (Å²) in [5.74, 6) is 3.01. The Morgan fingerprint density at radius 3 is 2.81 bits per heavy atom. The summed E-state index contributed by atoms with van der Waals surface area (Å²) in [7, 11) is 0. The second-order valence-corrected chi connectivity index (χ2v) is 9.45. The third-order valence-electron chi connectivity index (χ3n) is 6.28. The van der Waals surface area contributed by atoms with Crippen LogP contribution >= 0.6 is 11.3 Å². The lowest BCUT2D eigenvalue weighted by Crippen LogP contribution is -2.31. The first-order valence-corrected chi connectivity index (χ1v) is 11.3. The number of carbonyl (C=O) groups excluding carboxylic acids is 1. The second kappa shape index (κ2) is 7.32. The number of hydrogen-bond donors (Lipinski definition) is 0. The van der Waals surface area contributed by atoms with E-state index < -0.39 is 0 Å². The highest BCUT2D eigenvalue weighted by atomic mass is 32.1. The molecule has 2 saturated heterocycles. The van der Waals surface area contributed by atoms with Crippen LogP contribution in [0.3, 0.4) is 0 Å².